The molecule has 0 radical (unpaired) electrons. The van der Waals surface area contributed by atoms with E-state index in [0.29, 0.717) is 0 Å². The highest BCUT2D eigenvalue weighted by molar-refractivity contribution is 7.89. The fourth-order valence-corrected chi connectivity index (χ4v) is 5.53. The normalized spacial score (nSPS) is 27.4. The summed E-state index contributed by atoms with van der Waals surface area (Å²) in [5.74, 6) is 1.50. The van der Waals surface area contributed by atoms with Gasteiger partial charge in [0, 0.05) is 6.04 Å². The summed E-state index contributed by atoms with van der Waals surface area (Å²) in [6, 6.07) is 6.14. The molecule has 4 atom stereocenters. The minimum atomic E-state index is -3.81. The second kappa shape index (κ2) is 6.66. The van der Waals surface area contributed by atoms with Crippen LogP contribution in [0.1, 0.15) is 12.0 Å². The van der Waals surface area contributed by atoms with E-state index >= 15 is 0 Å². The van der Waals surface area contributed by atoms with E-state index < -0.39 is 22.0 Å². The quantitative estimate of drug-likeness (QED) is 0.458. The Balaban J connectivity index is 2.03. The molecule has 25 heavy (non-hydrogen) atoms. The molecule has 2 bridgehead atoms. The van der Waals surface area contributed by atoms with Crippen molar-refractivity contribution in [1.82, 2.24) is 4.31 Å². The van der Waals surface area contributed by atoms with Crippen LogP contribution in [0.3, 0.4) is 0 Å². The number of terminal acetylenes is 1. The van der Waals surface area contributed by atoms with E-state index in [9.17, 15) is 13.2 Å². The Bertz CT molecular complexity index is 835. The Hall–Kier alpha value is -2.10. The van der Waals surface area contributed by atoms with E-state index in [1.165, 1.54) is 11.4 Å². The van der Waals surface area contributed by atoms with E-state index in [2.05, 4.69) is 5.92 Å². The first-order valence-corrected chi connectivity index (χ1v) is 9.62. The molecule has 0 saturated heterocycles. The maximum absolute atomic E-state index is 13.2. The van der Waals surface area contributed by atoms with E-state index in [-0.39, 0.29) is 29.2 Å². The number of esters is 1. The molecule has 132 valence electrons. The smallest absolute Gasteiger partial charge is 0.310 e. The van der Waals surface area contributed by atoms with Crippen molar-refractivity contribution in [2.24, 2.45) is 17.8 Å². The average molecular weight is 359 g/mol. The first-order valence-electron chi connectivity index (χ1n) is 8.18. The van der Waals surface area contributed by atoms with Crippen LogP contribution >= 0.6 is 0 Å². The molecule has 6 heteroatoms. The summed E-state index contributed by atoms with van der Waals surface area (Å²) in [6.45, 7) is 1.81. The van der Waals surface area contributed by atoms with Crippen LogP contribution in [0.4, 0.5) is 0 Å². The molecule has 0 amide bonds. The number of carbonyl (C=O) groups excluding carboxylic acids is 1. The molecule has 2 aliphatic rings. The van der Waals surface area contributed by atoms with E-state index in [0.717, 1.165) is 12.0 Å². The zero-order valence-corrected chi connectivity index (χ0v) is 15.1. The van der Waals surface area contributed by atoms with Crippen LogP contribution < -0.4 is 0 Å². The summed E-state index contributed by atoms with van der Waals surface area (Å²) in [7, 11) is -2.48. The van der Waals surface area contributed by atoms with Crippen LogP contribution in [0, 0.1) is 37.0 Å². The maximum Gasteiger partial charge on any atom is 0.310 e. The van der Waals surface area contributed by atoms with Crippen molar-refractivity contribution in [3.63, 3.8) is 0 Å². The van der Waals surface area contributed by atoms with Crippen molar-refractivity contribution in [3.05, 3.63) is 42.0 Å². The lowest BCUT2D eigenvalue weighted by molar-refractivity contribution is -0.147. The average Bonchev–Trinajstić information content (AvgIpc) is 3.20. The fourth-order valence-electron chi connectivity index (χ4n) is 3.93. The van der Waals surface area contributed by atoms with E-state index in [4.69, 9.17) is 11.2 Å². The first-order chi connectivity index (χ1) is 11.9. The van der Waals surface area contributed by atoms with Crippen LogP contribution in [-0.4, -0.2) is 38.4 Å². The lowest BCUT2D eigenvalue weighted by atomic mass is 9.89. The van der Waals surface area contributed by atoms with Crippen molar-refractivity contribution in [1.29, 1.82) is 0 Å². The second-order valence-electron chi connectivity index (χ2n) is 6.56. The molecule has 1 aromatic rings. The molecular weight excluding hydrogens is 338 g/mol. The number of ether oxygens (including phenoxy) is 1. The molecule has 0 aliphatic heterocycles. The minimum absolute atomic E-state index is 0.00376. The van der Waals surface area contributed by atoms with Gasteiger partial charge < -0.3 is 4.74 Å². The number of hydrogen-bond acceptors (Lipinski definition) is 4. The highest BCUT2D eigenvalue weighted by Gasteiger charge is 2.53. The van der Waals surface area contributed by atoms with Gasteiger partial charge in [-0.05, 0) is 37.3 Å². The number of aryl methyl sites for hydroxylation is 1. The Morgan fingerprint density at radius 2 is 1.92 bits per heavy atom. The standard InChI is InChI=1S/C19H21NO4S/c1-4-11-20(25(22,23)16-9-5-13(2)6-10-16)18-15-8-7-14(12-15)17(18)19(21)24-3/h1,5-10,14-15,17-18H,11-12H2,2-3H3. The van der Waals surface area contributed by atoms with Crippen molar-refractivity contribution in [2.45, 2.75) is 24.3 Å². The van der Waals surface area contributed by atoms with Gasteiger partial charge in [-0.1, -0.05) is 35.8 Å². The topological polar surface area (TPSA) is 63.7 Å². The Kier molecular flexibility index (Phi) is 4.72. The molecule has 0 spiro atoms. The molecular formula is C19H21NO4S. The molecule has 0 aromatic heterocycles. The SMILES string of the molecule is C#CCN(C1C2C=CC(C2)C1C(=O)OC)S(=O)(=O)c1ccc(C)cc1. The predicted molar refractivity (Wildman–Crippen MR) is 93.9 cm³/mol. The number of nitrogens with zero attached hydrogens (tertiary/aromatic N) is 1. The maximum atomic E-state index is 13.2. The zero-order valence-electron chi connectivity index (χ0n) is 14.3. The summed E-state index contributed by atoms with van der Waals surface area (Å²) in [4.78, 5) is 12.5. The van der Waals surface area contributed by atoms with Crippen LogP contribution in [0.5, 0.6) is 0 Å². The molecule has 0 N–H and O–H groups in total. The number of sulfonamides is 1. The largest absolute Gasteiger partial charge is 0.469 e. The summed E-state index contributed by atoms with van der Waals surface area (Å²) in [6.07, 6.45) is 10.2. The van der Waals surface area contributed by atoms with Crippen molar-refractivity contribution in [3.8, 4) is 12.3 Å². The molecule has 2 aliphatic carbocycles. The summed E-state index contributed by atoms with van der Waals surface area (Å²) < 4.78 is 32.6. The van der Waals surface area contributed by atoms with Crippen molar-refractivity contribution in [2.75, 3.05) is 13.7 Å². The van der Waals surface area contributed by atoms with Gasteiger partial charge in [0.05, 0.1) is 24.5 Å². The number of fused-ring (bicyclic) bond motifs is 2. The second-order valence-corrected chi connectivity index (χ2v) is 8.45. The monoisotopic (exact) mass is 359 g/mol. The van der Waals surface area contributed by atoms with Crippen molar-refractivity contribution >= 4 is 16.0 Å². The molecule has 1 fully saturated rings. The Labute approximate surface area is 148 Å². The Morgan fingerprint density at radius 1 is 1.28 bits per heavy atom. The summed E-state index contributed by atoms with van der Waals surface area (Å²) >= 11 is 0. The van der Waals surface area contributed by atoms with E-state index in [1.807, 2.05) is 19.1 Å². The third-order valence-corrected chi connectivity index (χ3v) is 6.96. The molecule has 0 heterocycles. The molecule has 1 saturated carbocycles. The zero-order chi connectivity index (χ0) is 18.2. The van der Waals surface area contributed by atoms with Gasteiger partial charge in [0.1, 0.15) is 0 Å². The molecule has 3 rings (SSSR count). The van der Waals surface area contributed by atoms with Gasteiger partial charge in [-0.15, -0.1) is 6.42 Å². The number of carbonyl (C=O) groups is 1. The third kappa shape index (κ3) is 2.99. The predicted octanol–water partition coefficient (Wildman–Crippen LogP) is 1.98. The highest BCUT2D eigenvalue weighted by Crippen LogP contribution is 2.47. The molecule has 1 aromatic carbocycles. The molecule has 5 nitrogen and oxygen atoms in total. The number of allylic oxidation sites excluding steroid dienone is 1. The lowest BCUT2D eigenvalue weighted by Gasteiger charge is -2.34. The fraction of sp³-hybridized carbons (Fsp3) is 0.421. The van der Waals surface area contributed by atoms with Gasteiger partial charge in [0.15, 0.2) is 0 Å². The van der Waals surface area contributed by atoms with Gasteiger partial charge in [0.2, 0.25) is 10.0 Å². The number of hydrogen-bond donors (Lipinski definition) is 0. The highest BCUT2D eigenvalue weighted by atomic mass is 32.2. The molecule has 4 unspecified atom stereocenters. The lowest BCUT2D eigenvalue weighted by Crippen LogP contribution is -2.49. The van der Waals surface area contributed by atoms with Gasteiger partial charge in [0.25, 0.3) is 0 Å². The summed E-state index contributed by atoms with van der Waals surface area (Å²) in [5.41, 5.74) is 0.970. The third-order valence-electron chi connectivity index (χ3n) is 5.10. The number of rotatable bonds is 5. The number of benzene rings is 1. The summed E-state index contributed by atoms with van der Waals surface area (Å²) in [5, 5.41) is 0. The van der Waals surface area contributed by atoms with Gasteiger partial charge in [-0.25, -0.2) is 8.42 Å². The van der Waals surface area contributed by atoms with Crippen molar-refractivity contribution < 1.29 is 17.9 Å². The first kappa shape index (κ1) is 17.7. The minimum Gasteiger partial charge on any atom is -0.469 e. The van der Waals surface area contributed by atoms with Crippen LogP contribution in [-0.2, 0) is 19.6 Å². The van der Waals surface area contributed by atoms with Gasteiger partial charge in [-0.3, -0.25) is 4.79 Å². The van der Waals surface area contributed by atoms with Crippen LogP contribution in [0.25, 0.3) is 0 Å². The van der Waals surface area contributed by atoms with Gasteiger partial charge >= 0.3 is 5.97 Å². The van der Waals surface area contributed by atoms with Gasteiger partial charge in [-0.2, -0.15) is 4.31 Å². The van der Waals surface area contributed by atoms with Crippen LogP contribution in [0.2, 0.25) is 0 Å². The van der Waals surface area contributed by atoms with Crippen LogP contribution in [0.15, 0.2) is 41.3 Å². The Morgan fingerprint density at radius 3 is 2.52 bits per heavy atom. The number of methoxy groups -OCH3 is 1. The van der Waals surface area contributed by atoms with E-state index in [1.54, 1.807) is 24.3 Å².